The molecule has 1 unspecified atom stereocenters. The highest BCUT2D eigenvalue weighted by molar-refractivity contribution is 5.83. The molecule has 108 valence electrons. The molecule has 5 heteroatoms. The third-order valence-corrected chi connectivity index (χ3v) is 3.72. The molecule has 1 aromatic carbocycles. The molecule has 0 aliphatic heterocycles. The van der Waals surface area contributed by atoms with Gasteiger partial charge in [-0.3, -0.25) is 4.79 Å². The van der Waals surface area contributed by atoms with E-state index in [0.29, 0.717) is 6.54 Å². The molecule has 0 saturated heterocycles. The summed E-state index contributed by atoms with van der Waals surface area (Å²) in [6.45, 7) is 2.49. The molecule has 3 aromatic rings. The molecule has 3 rings (SSSR count). The number of carbonyl (C=O) groups excluding carboxylic acids is 1. The van der Waals surface area contributed by atoms with Crippen molar-refractivity contribution >= 4 is 16.8 Å². The molecule has 2 heterocycles. The summed E-state index contributed by atoms with van der Waals surface area (Å²) in [6.07, 6.45) is 7.95. The fourth-order valence-electron chi connectivity index (χ4n) is 2.44. The lowest BCUT2D eigenvalue weighted by Crippen LogP contribution is -2.32. The van der Waals surface area contributed by atoms with Crippen LogP contribution in [0.4, 0.5) is 0 Å². The van der Waals surface area contributed by atoms with Gasteiger partial charge in [-0.25, -0.2) is 4.98 Å². The minimum atomic E-state index is -0.240. The quantitative estimate of drug-likeness (QED) is 0.754. The van der Waals surface area contributed by atoms with E-state index in [9.17, 15) is 4.79 Å². The second-order valence-electron chi connectivity index (χ2n) is 5.09. The van der Waals surface area contributed by atoms with Crippen LogP contribution in [0.25, 0.3) is 10.9 Å². The van der Waals surface area contributed by atoms with Gasteiger partial charge < -0.3 is 14.9 Å². The average molecular weight is 282 g/mol. The first-order chi connectivity index (χ1) is 10.3. The number of aromatic amines is 1. The lowest BCUT2D eigenvalue weighted by atomic mass is 10.1. The monoisotopic (exact) mass is 282 g/mol. The largest absolute Gasteiger partial charge is 0.361 e. The number of imidazole rings is 1. The van der Waals surface area contributed by atoms with Crippen molar-refractivity contribution in [2.24, 2.45) is 0 Å². The Kier molecular flexibility index (Phi) is 3.73. The zero-order valence-electron chi connectivity index (χ0n) is 11.9. The van der Waals surface area contributed by atoms with Gasteiger partial charge in [0.2, 0.25) is 5.91 Å². The number of rotatable bonds is 5. The van der Waals surface area contributed by atoms with E-state index < -0.39 is 0 Å². The van der Waals surface area contributed by atoms with E-state index in [1.54, 1.807) is 23.3 Å². The molecule has 1 amide bonds. The summed E-state index contributed by atoms with van der Waals surface area (Å²) in [5.74, 6) is 0.00726. The van der Waals surface area contributed by atoms with Crippen LogP contribution in [-0.4, -0.2) is 27.0 Å². The van der Waals surface area contributed by atoms with Gasteiger partial charge in [0.05, 0.1) is 6.33 Å². The molecule has 0 saturated carbocycles. The topological polar surface area (TPSA) is 62.7 Å². The summed E-state index contributed by atoms with van der Waals surface area (Å²) in [6, 6.07) is 7.95. The Labute approximate surface area is 123 Å². The van der Waals surface area contributed by atoms with Gasteiger partial charge in [-0.1, -0.05) is 18.2 Å². The molecular weight excluding hydrogens is 264 g/mol. The highest BCUT2D eigenvalue weighted by Crippen LogP contribution is 2.17. The number of para-hydroxylation sites is 1. The second kappa shape index (κ2) is 5.83. The first-order valence-electron chi connectivity index (χ1n) is 7.06. The molecular formula is C16H18N4O. The standard InChI is InChI=1S/C16H18N4O/c1-12(20-9-8-17-11-20)16(21)18-7-6-13-10-19-15-5-3-2-4-14(13)15/h2-5,8-12,19H,6-7H2,1H3,(H,18,21). The number of hydrogen-bond donors (Lipinski definition) is 2. The number of H-pyrrole nitrogens is 1. The van der Waals surface area contributed by atoms with E-state index in [2.05, 4.69) is 27.4 Å². The Morgan fingerprint density at radius 1 is 1.43 bits per heavy atom. The summed E-state index contributed by atoms with van der Waals surface area (Å²) >= 11 is 0. The van der Waals surface area contributed by atoms with E-state index in [1.165, 1.54) is 10.9 Å². The zero-order chi connectivity index (χ0) is 14.7. The van der Waals surface area contributed by atoms with Crippen molar-refractivity contribution in [3.05, 3.63) is 54.7 Å². The fraction of sp³-hybridized carbons (Fsp3) is 0.250. The maximum atomic E-state index is 12.1. The summed E-state index contributed by atoms with van der Waals surface area (Å²) < 4.78 is 1.79. The van der Waals surface area contributed by atoms with Crippen LogP contribution < -0.4 is 5.32 Å². The van der Waals surface area contributed by atoms with E-state index in [0.717, 1.165) is 11.9 Å². The number of carbonyl (C=O) groups is 1. The van der Waals surface area contributed by atoms with E-state index in [4.69, 9.17) is 0 Å². The normalized spacial score (nSPS) is 12.4. The van der Waals surface area contributed by atoms with Gasteiger partial charge in [0, 0.05) is 36.0 Å². The SMILES string of the molecule is CC(C(=O)NCCc1c[nH]c2ccccc12)n1ccnc1. The van der Waals surface area contributed by atoms with E-state index >= 15 is 0 Å². The van der Waals surface area contributed by atoms with Crippen LogP contribution >= 0.6 is 0 Å². The number of amides is 1. The minimum absolute atomic E-state index is 0.00726. The predicted octanol–water partition coefficient (Wildman–Crippen LogP) is 2.28. The Bertz CT molecular complexity index is 730. The lowest BCUT2D eigenvalue weighted by Gasteiger charge is -2.13. The van der Waals surface area contributed by atoms with Crippen LogP contribution in [0.5, 0.6) is 0 Å². The van der Waals surface area contributed by atoms with Gasteiger partial charge in [-0.2, -0.15) is 0 Å². The van der Waals surface area contributed by atoms with Crippen LogP contribution in [0.1, 0.15) is 18.5 Å². The molecule has 0 radical (unpaired) electrons. The number of nitrogens with one attached hydrogen (secondary N) is 2. The van der Waals surface area contributed by atoms with Gasteiger partial charge in [-0.15, -0.1) is 0 Å². The Hall–Kier alpha value is -2.56. The third-order valence-electron chi connectivity index (χ3n) is 3.72. The average Bonchev–Trinajstić information content (AvgIpc) is 3.16. The maximum Gasteiger partial charge on any atom is 0.242 e. The molecule has 0 aliphatic rings. The molecule has 2 aromatic heterocycles. The van der Waals surface area contributed by atoms with Crippen molar-refractivity contribution in [3.63, 3.8) is 0 Å². The molecule has 5 nitrogen and oxygen atoms in total. The van der Waals surface area contributed by atoms with Crippen molar-refractivity contribution in [2.45, 2.75) is 19.4 Å². The van der Waals surface area contributed by atoms with Gasteiger partial charge in [0.25, 0.3) is 0 Å². The minimum Gasteiger partial charge on any atom is -0.361 e. The highest BCUT2D eigenvalue weighted by Gasteiger charge is 2.13. The molecule has 21 heavy (non-hydrogen) atoms. The Morgan fingerprint density at radius 3 is 3.10 bits per heavy atom. The van der Waals surface area contributed by atoms with Crippen LogP contribution in [0, 0.1) is 0 Å². The third kappa shape index (κ3) is 2.81. The van der Waals surface area contributed by atoms with Gasteiger partial charge in [0.15, 0.2) is 0 Å². The van der Waals surface area contributed by atoms with Crippen LogP contribution in [0.15, 0.2) is 49.2 Å². The first kappa shape index (κ1) is 13.4. The molecule has 0 fully saturated rings. The Balaban J connectivity index is 1.57. The van der Waals surface area contributed by atoms with Crippen molar-refractivity contribution in [2.75, 3.05) is 6.54 Å². The first-order valence-corrected chi connectivity index (χ1v) is 7.06. The zero-order valence-corrected chi connectivity index (χ0v) is 11.9. The van der Waals surface area contributed by atoms with Crippen molar-refractivity contribution < 1.29 is 4.79 Å². The molecule has 0 aliphatic carbocycles. The predicted molar refractivity (Wildman–Crippen MR) is 82.0 cm³/mol. The number of benzene rings is 1. The second-order valence-corrected chi connectivity index (χ2v) is 5.09. The van der Waals surface area contributed by atoms with Gasteiger partial charge in [-0.05, 0) is 25.0 Å². The van der Waals surface area contributed by atoms with Gasteiger partial charge in [0.1, 0.15) is 6.04 Å². The highest BCUT2D eigenvalue weighted by atomic mass is 16.2. The van der Waals surface area contributed by atoms with Crippen LogP contribution in [0.2, 0.25) is 0 Å². The van der Waals surface area contributed by atoms with Gasteiger partial charge >= 0.3 is 0 Å². The van der Waals surface area contributed by atoms with Crippen LogP contribution in [-0.2, 0) is 11.2 Å². The molecule has 1 atom stereocenters. The number of fused-ring (bicyclic) bond motifs is 1. The number of nitrogens with zero attached hydrogens (tertiary/aromatic N) is 2. The molecule has 0 bridgehead atoms. The molecule has 0 spiro atoms. The van der Waals surface area contributed by atoms with E-state index in [-0.39, 0.29) is 11.9 Å². The number of aromatic nitrogens is 3. The molecule has 2 N–H and O–H groups in total. The lowest BCUT2D eigenvalue weighted by molar-refractivity contribution is -0.123. The van der Waals surface area contributed by atoms with Crippen molar-refractivity contribution in [1.29, 1.82) is 0 Å². The van der Waals surface area contributed by atoms with Crippen LogP contribution in [0.3, 0.4) is 0 Å². The van der Waals surface area contributed by atoms with E-state index in [1.807, 2.05) is 25.3 Å². The summed E-state index contributed by atoms with van der Waals surface area (Å²) in [7, 11) is 0. The van der Waals surface area contributed by atoms with Crippen molar-refractivity contribution in [1.82, 2.24) is 19.9 Å². The fourth-order valence-corrected chi connectivity index (χ4v) is 2.44. The smallest absolute Gasteiger partial charge is 0.242 e. The summed E-state index contributed by atoms with van der Waals surface area (Å²) in [4.78, 5) is 19.3. The number of hydrogen-bond acceptors (Lipinski definition) is 2. The van der Waals surface area contributed by atoms with Crippen molar-refractivity contribution in [3.8, 4) is 0 Å². The summed E-state index contributed by atoms with van der Waals surface area (Å²) in [5, 5.41) is 4.19. The Morgan fingerprint density at radius 2 is 2.29 bits per heavy atom. The maximum absolute atomic E-state index is 12.1. The summed E-state index contributed by atoms with van der Waals surface area (Å²) in [5.41, 5.74) is 2.35.